The van der Waals surface area contributed by atoms with Gasteiger partial charge in [0, 0.05) is 17.5 Å². The van der Waals surface area contributed by atoms with Crippen LogP contribution in [0.3, 0.4) is 0 Å². The summed E-state index contributed by atoms with van der Waals surface area (Å²) in [6.07, 6.45) is 6.83. The molecule has 3 atom stereocenters. The Morgan fingerprint density at radius 2 is 1.58 bits per heavy atom. The van der Waals surface area contributed by atoms with Crippen molar-refractivity contribution in [3.63, 3.8) is 0 Å². The Balaban J connectivity index is 1.64. The maximum absolute atomic E-state index is 12.4. The first-order valence-corrected chi connectivity index (χ1v) is 12.9. The lowest BCUT2D eigenvalue weighted by atomic mass is 9.66. The number of allylic oxidation sites excluding steroid dienone is 1. The van der Waals surface area contributed by atoms with Gasteiger partial charge in [-0.3, -0.25) is 14.6 Å². The number of rotatable bonds is 4. The molecule has 0 N–H and O–H groups in total. The Bertz CT molecular complexity index is 1490. The van der Waals surface area contributed by atoms with E-state index in [1.54, 1.807) is 0 Å². The molecule has 2 heterocycles. The van der Waals surface area contributed by atoms with Gasteiger partial charge in [-0.2, -0.15) is 0 Å². The molecule has 6 rings (SSSR count). The van der Waals surface area contributed by atoms with E-state index in [4.69, 9.17) is 4.99 Å². The van der Waals surface area contributed by atoms with Crippen molar-refractivity contribution in [1.82, 2.24) is 0 Å². The molecule has 1 saturated carbocycles. The lowest BCUT2D eigenvalue weighted by molar-refractivity contribution is -0.116. The van der Waals surface area contributed by atoms with Crippen molar-refractivity contribution in [1.29, 1.82) is 0 Å². The summed E-state index contributed by atoms with van der Waals surface area (Å²) in [5.41, 5.74) is 4.48. The Morgan fingerprint density at radius 1 is 0.889 bits per heavy atom. The molecule has 0 unspecified atom stereocenters. The molecule has 3 aromatic carbocycles. The lowest BCUT2D eigenvalue weighted by Gasteiger charge is -2.53. The Kier molecular flexibility index (Phi) is 5.48. The number of carbonyl (C=O) groups is 2. The van der Waals surface area contributed by atoms with Crippen LogP contribution in [0.25, 0.3) is 11.3 Å². The van der Waals surface area contributed by atoms with Crippen LogP contribution in [0, 0.1) is 5.92 Å². The van der Waals surface area contributed by atoms with E-state index < -0.39 is 0 Å². The number of ketones is 2. The van der Waals surface area contributed by atoms with Crippen LogP contribution in [0.4, 0.5) is 5.69 Å². The number of anilines is 1. The molecule has 0 aromatic heterocycles. The molecule has 1 aliphatic carbocycles. The molecule has 0 saturated heterocycles. The van der Waals surface area contributed by atoms with Crippen LogP contribution in [0.15, 0.2) is 89.9 Å². The molecular weight excluding hydrogens is 444 g/mol. The highest BCUT2D eigenvalue weighted by Crippen LogP contribution is 2.55. The summed E-state index contributed by atoms with van der Waals surface area (Å²) in [4.78, 5) is 32.7. The van der Waals surface area contributed by atoms with E-state index in [2.05, 4.69) is 65.6 Å². The molecule has 4 nitrogen and oxygen atoms in total. The van der Waals surface area contributed by atoms with E-state index in [-0.39, 0.29) is 28.7 Å². The SMILES string of the molecule is CC(=O)C(C(C)=O)=c1ccc2c(c1)N1C(c3ccccc3)=C[C@H](c3ccccc3)[C@H]3CCCC[C@@]31N=2. The molecule has 180 valence electrons. The molecule has 4 heteroatoms. The summed E-state index contributed by atoms with van der Waals surface area (Å²) in [5.74, 6) is 0.182. The van der Waals surface area contributed by atoms with Crippen molar-refractivity contribution in [3.8, 4) is 0 Å². The van der Waals surface area contributed by atoms with Gasteiger partial charge in [-0.25, -0.2) is 0 Å². The van der Waals surface area contributed by atoms with Crippen molar-refractivity contribution >= 4 is 28.5 Å². The van der Waals surface area contributed by atoms with Crippen LogP contribution < -0.4 is 15.5 Å². The zero-order valence-electron chi connectivity index (χ0n) is 20.8. The molecule has 0 bridgehead atoms. The summed E-state index contributed by atoms with van der Waals surface area (Å²) in [5, 5.41) is 1.61. The summed E-state index contributed by atoms with van der Waals surface area (Å²) < 4.78 is 0. The van der Waals surface area contributed by atoms with Crippen LogP contribution >= 0.6 is 0 Å². The van der Waals surface area contributed by atoms with Crippen LogP contribution in [-0.4, -0.2) is 17.2 Å². The zero-order chi connectivity index (χ0) is 24.9. The minimum absolute atomic E-state index is 0.204. The van der Waals surface area contributed by atoms with E-state index in [1.165, 1.54) is 25.8 Å². The summed E-state index contributed by atoms with van der Waals surface area (Å²) in [6, 6.07) is 27.2. The molecule has 3 aromatic rings. The fourth-order valence-electron chi connectivity index (χ4n) is 6.66. The third-order valence-corrected chi connectivity index (χ3v) is 8.08. The van der Waals surface area contributed by atoms with Crippen molar-refractivity contribution in [3.05, 3.63) is 107 Å². The van der Waals surface area contributed by atoms with E-state index in [1.807, 2.05) is 24.3 Å². The van der Waals surface area contributed by atoms with E-state index >= 15 is 0 Å². The van der Waals surface area contributed by atoms with Crippen LogP contribution in [0.1, 0.15) is 56.6 Å². The van der Waals surface area contributed by atoms with Gasteiger partial charge in [-0.15, -0.1) is 0 Å². The monoisotopic (exact) mass is 474 g/mol. The van der Waals surface area contributed by atoms with Gasteiger partial charge in [0.15, 0.2) is 11.6 Å². The second-order valence-corrected chi connectivity index (χ2v) is 10.2. The minimum Gasteiger partial charge on any atom is -0.314 e. The average Bonchev–Trinajstić information content (AvgIpc) is 3.21. The number of hydrogen-bond donors (Lipinski definition) is 0. The van der Waals surface area contributed by atoms with Crippen LogP contribution in [0.5, 0.6) is 0 Å². The lowest BCUT2D eigenvalue weighted by Crippen LogP contribution is -2.55. The molecule has 0 amide bonds. The van der Waals surface area contributed by atoms with Gasteiger partial charge in [0.2, 0.25) is 0 Å². The first-order chi connectivity index (χ1) is 17.5. The second-order valence-electron chi connectivity index (χ2n) is 10.2. The summed E-state index contributed by atoms with van der Waals surface area (Å²) in [6.45, 7) is 2.93. The second kappa shape index (κ2) is 8.70. The van der Waals surface area contributed by atoms with E-state index in [0.29, 0.717) is 11.1 Å². The Labute approximate surface area is 211 Å². The van der Waals surface area contributed by atoms with Crippen LogP contribution in [0.2, 0.25) is 0 Å². The number of nitrogens with zero attached hydrogens (tertiary/aromatic N) is 2. The molecule has 2 aliphatic heterocycles. The highest BCUT2D eigenvalue weighted by atomic mass is 16.1. The van der Waals surface area contributed by atoms with E-state index in [9.17, 15) is 9.59 Å². The predicted octanol–water partition coefficient (Wildman–Crippen LogP) is 5.18. The number of fused-ring (bicyclic) bond motifs is 2. The standard InChI is InChI=1S/C32H30N2O2/c1-21(35)31(22(2)36)25-16-17-28-30(19-25)34-29(24-13-7-4-8-14-24)20-26(23-11-5-3-6-12-23)27-15-9-10-18-32(27,34)33-28/h3-8,11-14,16-17,19-20,26-27H,9-10,15,18H2,1-2H3/t26-,27-,32+/m1/s1. The molecule has 0 radical (unpaired) electrons. The first kappa shape index (κ1) is 22.7. The van der Waals surface area contributed by atoms with E-state index in [0.717, 1.165) is 41.6 Å². The number of benzene rings is 3. The minimum atomic E-state index is -0.383. The van der Waals surface area contributed by atoms with Crippen molar-refractivity contribution < 1.29 is 9.59 Å². The summed E-state index contributed by atoms with van der Waals surface area (Å²) in [7, 11) is 0. The van der Waals surface area contributed by atoms with Gasteiger partial charge in [0.05, 0.1) is 16.6 Å². The number of carbonyl (C=O) groups excluding carboxylic acids is 2. The molecule has 1 fully saturated rings. The number of hydrogen-bond acceptors (Lipinski definition) is 4. The van der Waals surface area contributed by atoms with Gasteiger partial charge in [-0.1, -0.05) is 79.2 Å². The van der Waals surface area contributed by atoms with Gasteiger partial charge < -0.3 is 4.90 Å². The zero-order valence-corrected chi connectivity index (χ0v) is 20.8. The van der Waals surface area contributed by atoms with Crippen molar-refractivity contribution in [2.75, 3.05) is 4.90 Å². The molecule has 36 heavy (non-hydrogen) atoms. The third kappa shape index (κ3) is 3.47. The first-order valence-electron chi connectivity index (χ1n) is 12.9. The molecule has 3 aliphatic rings. The highest BCUT2D eigenvalue weighted by Gasteiger charge is 2.55. The molecular formula is C32H30N2O2. The van der Waals surface area contributed by atoms with Crippen molar-refractivity contribution in [2.45, 2.75) is 51.1 Å². The molecule has 1 spiro atoms. The maximum atomic E-state index is 12.4. The van der Waals surface area contributed by atoms with Gasteiger partial charge >= 0.3 is 0 Å². The average molecular weight is 475 g/mol. The topological polar surface area (TPSA) is 49.7 Å². The van der Waals surface area contributed by atoms with Gasteiger partial charge in [-0.05, 0) is 61.6 Å². The van der Waals surface area contributed by atoms with Crippen LogP contribution in [-0.2, 0) is 9.59 Å². The maximum Gasteiger partial charge on any atom is 0.163 e. The van der Waals surface area contributed by atoms with Gasteiger partial charge in [0.1, 0.15) is 5.66 Å². The van der Waals surface area contributed by atoms with Crippen molar-refractivity contribution in [2.24, 2.45) is 10.9 Å². The predicted molar refractivity (Wildman–Crippen MR) is 143 cm³/mol. The Morgan fingerprint density at radius 3 is 2.28 bits per heavy atom. The highest BCUT2D eigenvalue weighted by molar-refractivity contribution is 6.39. The third-order valence-electron chi connectivity index (χ3n) is 8.08. The smallest absolute Gasteiger partial charge is 0.163 e. The Hall–Kier alpha value is -3.79. The fraction of sp³-hybridized carbons (Fsp3) is 0.281. The fourth-order valence-corrected chi connectivity index (χ4v) is 6.66. The quantitative estimate of drug-likeness (QED) is 0.490. The van der Waals surface area contributed by atoms with Gasteiger partial charge in [0.25, 0.3) is 0 Å². The normalized spacial score (nSPS) is 24.1. The summed E-state index contributed by atoms with van der Waals surface area (Å²) >= 11 is 0. The largest absolute Gasteiger partial charge is 0.314 e. The number of Topliss-reactive ketones (excluding diaryl/α,β-unsaturated/α-hetero) is 2.